The molecule has 0 aliphatic carbocycles. The molecule has 4 nitrogen and oxygen atoms in total. The fraction of sp³-hybridized carbons (Fsp3) is 0.0714. The van der Waals surface area contributed by atoms with Crippen LogP contribution in [0.5, 0.6) is 11.5 Å². The van der Waals surface area contributed by atoms with Gasteiger partial charge in [0.1, 0.15) is 17.2 Å². The van der Waals surface area contributed by atoms with Gasteiger partial charge in [-0.15, -0.1) is 0 Å². The Labute approximate surface area is 105 Å². The minimum absolute atomic E-state index is 0.0596. The Balaban J connectivity index is 2.50. The van der Waals surface area contributed by atoms with Gasteiger partial charge >= 0.3 is 0 Å². The van der Waals surface area contributed by atoms with E-state index in [0.29, 0.717) is 11.4 Å². The van der Waals surface area contributed by atoms with Crippen molar-refractivity contribution >= 4 is 17.6 Å². The Morgan fingerprint density at radius 3 is 2.22 bits per heavy atom. The first-order chi connectivity index (χ1) is 8.61. The number of aliphatic imine (C=N–C) groups is 1. The highest BCUT2D eigenvalue weighted by Gasteiger charge is 2.05. The van der Waals surface area contributed by atoms with Gasteiger partial charge in [-0.05, 0) is 42.3 Å². The third kappa shape index (κ3) is 2.27. The van der Waals surface area contributed by atoms with Gasteiger partial charge in [0.25, 0.3) is 0 Å². The van der Waals surface area contributed by atoms with Crippen molar-refractivity contribution in [3.05, 3.63) is 36.4 Å². The normalized spacial score (nSPS) is 10.9. The number of nitrogen functional groups attached to an aromatic ring is 1. The first kappa shape index (κ1) is 12.0. The molecule has 2 aromatic rings. The van der Waals surface area contributed by atoms with Crippen LogP contribution in [-0.2, 0) is 0 Å². The van der Waals surface area contributed by atoms with Crippen molar-refractivity contribution in [3.8, 4) is 22.6 Å². The number of benzene rings is 2. The monoisotopic (exact) mass is 242 g/mol. The van der Waals surface area contributed by atoms with Gasteiger partial charge in [-0.3, -0.25) is 4.99 Å². The maximum atomic E-state index is 9.63. The van der Waals surface area contributed by atoms with E-state index in [1.807, 2.05) is 0 Å². The molecule has 0 spiro atoms. The molecule has 0 saturated heterocycles. The number of nitrogens with zero attached hydrogens (tertiary/aromatic N) is 1. The van der Waals surface area contributed by atoms with Gasteiger partial charge in [-0.1, -0.05) is 12.1 Å². The number of aromatic hydroxyl groups is 2. The lowest BCUT2D eigenvalue weighted by Crippen LogP contribution is -1.86. The van der Waals surface area contributed by atoms with E-state index >= 15 is 0 Å². The minimum atomic E-state index is 0.0596. The number of hydrogen-bond donors (Lipinski definition) is 3. The standard InChI is InChI=1S/C14H14N2O2/c1-2-16-12-8-10(4-6-14(12)18)9-3-5-13(17)11(15)7-9/h2-8,17-18H,15H2,1H3/b16-2+. The van der Waals surface area contributed by atoms with Crippen molar-refractivity contribution in [2.45, 2.75) is 6.92 Å². The first-order valence-electron chi connectivity index (χ1n) is 5.52. The zero-order valence-corrected chi connectivity index (χ0v) is 9.96. The molecule has 18 heavy (non-hydrogen) atoms. The lowest BCUT2D eigenvalue weighted by molar-refractivity contribution is 0.476. The van der Waals surface area contributed by atoms with E-state index in [9.17, 15) is 10.2 Å². The average Bonchev–Trinajstić information content (AvgIpc) is 2.36. The van der Waals surface area contributed by atoms with Gasteiger partial charge < -0.3 is 15.9 Å². The van der Waals surface area contributed by atoms with E-state index in [2.05, 4.69) is 4.99 Å². The van der Waals surface area contributed by atoms with Gasteiger partial charge in [0.2, 0.25) is 0 Å². The maximum absolute atomic E-state index is 9.63. The van der Waals surface area contributed by atoms with Gasteiger partial charge in [-0.25, -0.2) is 0 Å². The highest BCUT2D eigenvalue weighted by Crippen LogP contribution is 2.33. The van der Waals surface area contributed by atoms with E-state index in [1.165, 1.54) is 0 Å². The number of anilines is 1. The molecule has 2 aromatic carbocycles. The van der Waals surface area contributed by atoms with E-state index in [4.69, 9.17) is 5.73 Å². The Kier molecular flexibility index (Phi) is 3.19. The van der Waals surface area contributed by atoms with Crippen molar-refractivity contribution in [2.24, 2.45) is 4.99 Å². The fourth-order valence-corrected chi connectivity index (χ4v) is 1.68. The van der Waals surface area contributed by atoms with Gasteiger partial charge in [0.15, 0.2) is 0 Å². The van der Waals surface area contributed by atoms with Gasteiger partial charge in [-0.2, -0.15) is 0 Å². The largest absolute Gasteiger partial charge is 0.506 e. The molecule has 0 saturated carbocycles. The van der Waals surface area contributed by atoms with Crippen LogP contribution in [0.4, 0.5) is 11.4 Å². The second kappa shape index (κ2) is 4.79. The summed E-state index contributed by atoms with van der Waals surface area (Å²) >= 11 is 0. The Morgan fingerprint density at radius 1 is 1.00 bits per heavy atom. The van der Waals surface area contributed by atoms with Crippen LogP contribution in [0.15, 0.2) is 41.4 Å². The second-order valence-electron chi connectivity index (χ2n) is 3.86. The fourth-order valence-electron chi connectivity index (χ4n) is 1.68. The highest BCUT2D eigenvalue weighted by atomic mass is 16.3. The molecule has 0 unspecified atom stereocenters. The molecule has 0 radical (unpaired) electrons. The van der Waals surface area contributed by atoms with Crippen LogP contribution < -0.4 is 5.73 Å². The summed E-state index contributed by atoms with van der Waals surface area (Å²) in [5.41, 5.74) is 8.21. The first-order valence-corrected chi connectivity index (χ1v) is 5.52. The Hall–Kier alpha value is -2.49. The van der Waals surface area contributed by atoms with Crippen LogP contribution in [0.2, 0.25) is 0 Å². The van der Waals surface area contributed by atoms with Crippen LogP contribution in [0, 0.1) is 0 Å². The van der Waals surface area contributed by atoms with Crippen LogP contribution in [0.25, 0.3) is 11.1 Å². The highest BCUT2D eigenvalue weighted by molar-refractivity contribution is 5.75. The molecular formula is C14H14N2O2. The maximum Gasteiger partial charge on any atom is 0.141 e. The Bertz CT molecular complexity index is 607. The van der Waals surface area contributed by atoms with E-state index < -0.39 is 0 Å². The summed E-state index contributed by atoms with van der Waals surface area (Å²) < 4.78 is 0. The summed E-state index contributed by atoms with van der Waals surface area (Å²) in [6, 6.07) is 10.1. The molecule has 2 rings (SSSR count). The predicted octanol–water partition coefficient (Wildman–Crippen LogP) is 3.07. The smallest absolute Gasteiger partial charge is 0.141 e. The SMILES string of the molecule is C/C=N/c1cc(-c2ccc(O)c(N)c2)ccc1O. The van der Waals surface area contributed by atoms with E-state index in [1.54, 1.807) is 49.5 Å². The van der Waals surface area contributed by atoms with Crippen molar-refractivity contribution in [1.29, 1.82) is 0 Å². The van der Waals surface area contributed by atoms with Crippen molar-refractivity contribution in [2.75, 3.05) is 5.73 Å². The Morgan fingerprint density at radius 2 is 1.61 bits per heavy atom. The van der Waals surface area contributed by atoms with Crippen LogP contribution >= 0.6 is 0 Å². The molecule has 0 aliphatic rings. The molecule has 0 atom stereocenters. The summed E-state index contributed by atoms with van der Waals surface area (Å²) in [6.07, 6.45) is 1.62. The average molecular weight is 242 g/mol. The quantitative estimate of drug-likeness (QED) is 0.430. The summed E-state index contributed by atoms with van der Waals surface area (Å²) in [5, 5.41) is 19.0. The molecule has 0 aliphatic heterocycles. The van der Waals surface area contributed by atoms with E-state index in [0.717, 1.165) is 11.1 Å². The van der Waals surface area contributed by atoms with Crippen molar-refractivity contribution in [3.63, 3.8) is 0 Å². The summed E-state index contributed by atoms with van der Waals surface area (Å²) in [6.45, 7) is 1.78. The van der Waals surface area contributed by atoms with E-state index in [-0.39, 0.29) is 11.5 Å². The number of hydrogen-bond acceptors (Lipinski definition) is 4. The zero-order chi connectivity index (χ0) is 13.1. The van der Waals surface area contributed by atoms with Crippen LogP contribution in [-0.4, -0.2) is 16.4 Å². The summed E-state index contributed by atoms with van der Waals surface area (Å²) in [7, 11) is 0. The van der Waals surface area contributed by atoms with Crippen molar-refractivity contribution in [1.82, 2.24) is 0 Å². The number of rotatable bonds is 2. The molecule has 0 fully saturated rings. The molecular weight excluding hydrogens is 228 g/mol. The molecule has 0 bridgehead atoms. The number of phenolic OH excluding ortho intramolecular Hbond substituents is 2. The van der Waals surface area contributed by atoms with Crippen LogP contribution in [0.1, 0.15) is 6.92 Å². The minimum Gasteiger partial charge on any atom is -0.506 e. The topological polar surface area (TPSA) is 78.8 Å². The molecule has 0 amide bonds. The van der Waals surface area contributed by atoms with Gasteiger partial charge in [0, 0.05) is 6.21 Å². The molecule has 4 N–H and O–H groups in total. The third-order valence-electron chi connectivity index (χ3n) is 2.60. The summed E-state index contributed by atoms with van der Waals surface area (Å²) in [5.74, 6) is 0.188. The third-order valence-corrected chi connectivity index (χ3v) is 2.60. The second-order valence-corrected chi connectivity index (χ2v) is 3.86. The molecule has 0 heterocycles. The number of phenols is 2. The van der Waals surface area contributed by atoms with Gasteiger partial charge in [0.05, 0.1) is 5.69 Å². The lowest BCUT2D eigenvalue weighted by atomic mass is 10.0. The van der Waals surface area contributed by atoms with Crippen LogP contribution in [0.3, 0.4) is 0 Å². The zero-order valence-electron chi connectivity index (χ0n) is 9.96. The predicted molar refractivity (Wildman–Crippen MR) is 73.4 cm³/mol. The number of nitrogens with two attached hydrogens (primary N) is 1. The molecule has 0 aromatic heterocycles. The summed E-state index contributed by atoms with van der Waals surface area (Å²) in [4.78, 5) is 4.08. The van der Waals surface area contributed by atoms with Crippen molar-refractivity contribution < 1.29 is 10.2 Å². The molecule has 92 valence electrons. The molecule has 4 heteroatoms. The lowest BCUT2D eigenvalue weighted by Gasteiger charge is -2.06.